The van der Waals surface area contributed by atoms with Gasteiger partial charge in [-0.25, -0.2) is 9.40 Å². The van der Waals surface area contributed by atoms with Crippen LogP contribution in [-0.2, 0) is 6.54 Å². The molecule has 1 heterocycles. The SMILES string of the molecule is CC1CCCC(C)N1NCc1cccc(Cl)c1F. The highest BCUT2D eigenvalue weighted by molar-refractivity contribution is 6.30. The Bertz CT molecular complexity index is 401. The van der Waals surface area contributed by atoms with Crippen LogP contribution in [-0.4, -0.2) is 17.1 Å². The zero-order valence-electron chi connectivity index (χ0n) is 10.9. The Kier molecular flexibility index (Phi) is 4.60. The minimum Gasteiger partial charge on any atom is -0.250 e. The first-order valence-electron chi connectivity index (χ1n) is 6.54. The summed E-state index contributed by atoms with van der Waals surface area (Å²) in [5.41, 5.74) is 3.96. The van der Waals surface area contributed by atoms with Crippen molar-refractivity contribution in [2.24, 2.45) is 0 Å². The van der Waals surface area contributed by atoms with Gasteiger partial charge >= 0.3 is 0 Å². The summed E-state index contributed by atoms with van der Waals surface area (Å²) in [6.45, 7) is 4.90. The van der Waals surface area contributed by atoms with Crippen molar-refractivity contribution >= 4 is 11.6 Å². The minimum absolute atomic E-state index is 0.189. The first-order valence-corrected chi connectivity index (χ1v) is 6.92. The number of benzene rings is 1. The third-order valence-corrected chi connectivity index (χ3v) is 3.97. The summed E-state index contributed by atoms with van der Waals surface area (Å²) in [4.78, 5) is 0. The molecule has 18 heavy (non-hydrogen) atoms. The van der Waals surface area contributed by atoms with E-state index in [9.17, 15) is 4.39 Å². The summed E-state index contributed by atoms with van der Waals surface area (Å²) in [6.07, 6.45) is 3.65. The van der Waals surface area contributed by atoms with Gasteiger partial charge in [0, 0.05) is 24.2 Å². The van der Waals surface area contributed by atoms with E-state index in [4.69, 9.17) is 11.6 Å². The van der Waals surface area contributed by atoms with E-state index in [0.717, 1.165) is 0 Å². The Morgan fingerprint density at radius 1 is 1.33 bits per heavy atom. The van der Waals surface area contributed by atoms with Crippen molar-refractivity contribution < 1.29 is 4.39 Å². The van der Waals surface area contributed by atoms with Gasteiger partial charge in [0.25, 0.3) is 0 Å². The molecule has 1 aliphatic rings. The van der Waals surface area contributed by atoms with Crippen molar-refractivity contribution in [2.45, 2.75) is 51.7 Å². The van der Waals surface area contributed by atoms with Gasteiger partial charge in [0.1, 0.15) is 5.82 Å². The van der Waals surface area contributed by atoms with E-state index in [1.54, 1.807) is 18.2 Å². The number of piperidine rings is 1. The molecule has 0 amide bonds. The third kappa shape index (κ3) is 3.02. The van der Waals surface area contributed by atoms with Crippen molar-refractivity contribution in [3.8, 4) is 0 Å². The van der Waals surface area contributed by atoms with E-state index in [0.29, 0.717) is 24.2 Å². The van der Waals surface area contributed by atoms with Crippen LogP contribution in [0.5, 0.6) is 0 Å². The molecular weight excluding hydrogens is 251 g/mol. The lowest BCUT2D eigenvalue weighted by molar-refractivity contribution is 0.0432. The highest BCUT2D eigenvalue weighted by atomic mass is 35.5. The number of hydrogen-bond acceptors (Lipinski definition) is 2. The largest absolute Gasteiger partial charge is 0.250 e. The fraction of sp³-hybridized carbons (Fsp3) is 0.571. The zero-order valence-corrected chi connectivity index (χ0v) is 11.7. The van der Waals surface area contributed by atoms with E-state index < -0.39 is 0 Å². The van der Waals surface area contributed by atoms with Crippen LogP contribution < -0.4 is 5.43 Å². The molecule has 1 aromatic carbocycles. The molecule has 2 unspecified atom stereocenters. The van der Waals surface area contributed by atoms with Crippen LogP contribution in [0, 0.1) is 5.82 Å². The molecule has 1 N–H and O–H groups in total. The van der Waals surface area contributed by atoms with Gasteiger partial charge in [0.2, 0.25) is 0 Å². The van der Waals surface area contributed by atoms with E-state index in [-0.39, 0.29) is 10.8 Å². The van der Waals surface area contributed by atoms with Crippen LogP contribution in [0.1, 0.15) is 38.7 Å². The minimum atomic E-state index is -0.316. The van der Waals surface area contributed by atoms with Gasteiger partial charge < -0.3 is 0 Å². The van der Waals surface area contributed by atoms with Gasteiger partial charge in [-0.1, -0.05) is 30.2 Å². The molecule has 1 saturated heterocycles. The molecule has 0 saturated carbocycles. The number of rotatable bonds is 3. The van der Waals surface area contributed by atoms with E-state index >= 15 is 0 Å². The topological polar surface area (TPSA) is 15.3 Å². The number of hydrazine groups is 1. The Labute approximate surface area is 113 Å². The molecule has 1 aliphatic heterocycles. The van der Waals surface area contributed by atoms with Crippen LogP contribution in [0.3, 0.4) is 0 Å². The number of nitrogens with one attached hydrogen (secondary N) is 1. The summed E-state index contributed by atoms with van der Waals surface area (Å²) in [5, 5.41) is 2.43. The average Bonchev–Trinajstić information content (AvgIpc) is 2.33. The van der Waals surface area contributed by atoms with Crippen molar-refractivity contribution in [3.05, 3.63) is 34.6 Å². The number of halogens is 2. The second-order valence-electron chi connectivity index (χ2n) is 5.08. The summed E-state index contributed by atoms with van der Waals surface area (Å²) >= 11 is 5.78. The van der Waals surface area contributed by atoms with Crippen LogP contribution in [0.2, 0.25) is 5.02 Å². The fourth-order valence-corrected chi connectivity index (χ4v) is 2.79. The molecule has 2 rings (SSSR count). The summed E-state index contributed by atoms with van der Waals surface area (Å²) in [7, 11) is 0. The first-order chi connectivity index (χ1) is 8.59. The fourth-order valence-electron chi connectivity index (χ4n) is 2.59. The second-order valence-corrected chi connectivity index (χ2v) is 5.49. The molecule has 2 atom stereocenters. The van der Waals surface area contributed by atoms with Crippen LogP contribution in [0.15, 0.2) is 18.2 Å². The monoisotopic (exact) mass is 270 g/mol. The Morgan fingerprint density at radius 2 is 2.00 bits per heavy atom. The average molecular weight is 271 g/mol. The van der Waals surface area contributed by atoms with Crippen molar-refractivity contribution in [1.82, 2.24) is 10.4 Å². The van der Waals surface area contributed by atoms with Crippen LogP contribution in [0.4, 0.5) is 4.39 Å². The van der Waals surface area contributed by atoms with E-state index in [1.807, 2.05) is 0 Å². The lowest BCUT2D eigenvalue weighted by Gasteiger charge is -2.39. The van der Waals surface area contributed by atoms with Gasteiger partial charge in [-0.3, -0.25) is 5.43 Å². The molecule has 0 aromatic heterocycles. The van der Waals surface area contributed by atoms with Crippen molar-refractivity contribution in [3.63, 3.8) is 0 Å². The summed E-state index contributed by atoms with van der Waals surface area (Å²) < 4.78 is 13.8. The normalized spacial score (nSPS) is 25.3. The van der Waals surface area contributed by atoms with Crippen LogP contribution >= 0.6 is 11.6 Å². The molecule has 100 valence electrons. The van der Waals surface area contributed by atoms with Gasteiger partial charge in [0.05, 0.1) is 5.02 Å². The lowest BCUT2D eigenvalue weighted by atomic mass is 10.00. The molecule has 0 radical (unpaired) electrons. The second kappa shape index (κ2) is 6.00. The highest BCUT2D eigenvalue weighted by Crippen LogP contribution is 2.22. The predicted molar refractivity (Wildman–Crippen MR) is 72.9 cm³/mol. The molecule has 1 aromatic rings. The Hall–Kier alpha value is -0.640. The maximum atomic E-state index is 13.8. The number of hydrogen-bond donors (Lipinski definition) is 1. The predicted octanol–water partition coefficient (Wildman–Crippen LogP) is 3.75. The standard InChI is InChI=1S/C14H20ClFN2/c1-10-5-3-6-11(2)18(10)17-9-12-7-4-8-13(15)14(12)16/h4,7-8,10-11,17H,3,5-6,9H2,1-2H3. The van der Waals surface area contributed by atoms with Crippen molar-refractivity contribution in [1.29, 1.82) is 0 Å². The Balaban J connectivity index is 2.00. The molecule has 4 heteroatoms. The lowest BCUT2D eigenvalue weighted by Crippen LogP contribution is -2.51. The summed E-state index contributed by atoms with van der Waals surface area (Å²) in [6, 6.07) is 6.12. The summed E-state index contributed by atoms with van der Waals surface area (Å²) in [5.74, 6) is -0.316. The smallest absolute Gasteiger partial charge is 0.146 e. The molecular formula is C14H20ClFN2. The molecule has 0 spiro atoms. The van der Waals surface area contributed by atoms with E-state index in [2.05, 4.69) is 24.3 Å². The maximum absolute atomic E-state index is 13.8. The Morgan fingerprint density at radius 3 is 2.67 bits per heavy atom. The molecule has 0 bridgehead atoms. The van der Waals surface area contributed by atoms with Gasteiger partial charge in [-0.2, -0.15) is 0 Å². The van der Waals surface area contributed by atoms with Gasteiger partial charge in [0.15, 0.2) is 0 Å². The third-order valence-electron chi connectivity index (χ3n) is 3.68. The van der Waals surface area contributed by atoms with E-state index in [1.165, 1.54) is 19.3 Å². The zero-order chi connectivity index (χ0) is 13.1. The molecule has 0 aliphatic carbocycles. The van der Waals surface area contributed by atoms with Crippen molar-refractivity contribution in [2.75, 3.05) is 0 Å². The highest BCUT2D eigenvalue weighted by Gasteiger charge is 2.24. The quantitative estimate of drug-likeness (QED) is 0.900. The van der Waals surface area contributed by atoms with Crippen LogP contribution in [0.25, 0.3) is 0 Å². The first kappa shape index (κ1) is 13.8. The number of nitrogens with zero attached hydrogens (tertiary/aromatic N) is 1. The molecule has 2 nitrogen and oxygen atoms in total. The maximum Gasteiger partial charge on any atom is 0.146 e. The molecule has 1 fully saturated rings. The van der Waals surface area contributed by atoms with Gasteiger partial charge in [-0.05, 0) is 32.8 Å². The van der Waals surface area contributed by atoms with Gasteiger partial charge in [-0.15, -0.1) is 0 Å².